The molecule has 1 aromatic rings. The molecule has 2 amide bonds. The van der Waals surface area contributed by atoms with Crippen LogP contribution in [0.1, 0.15) is 39.3 Å². The van der Waals surface area contributed by atoms with E-state index in [9.17, 15) is 9.59 Å². The number of ether oxygens (including phenoxy) is 2. The molecule has 2 unspecified atom stereocenters. The molecule has 0 aromatic heterocycles. The zero-order valence-electron chi connectivity index (χ0n) is 13.8. The first-order valence-electron chi connectivity index (χ1n) is 7.71. The molecule has 23 heavy (non-hydrogen) atoms. The summed E-state index contributed by atoms with van der Waals surface area (Å²) in [5.41, 5.74) is 1.23. The van der Waals surface area contributed by atoms with Gasteiger partial charge in [-0.1, -0.05) is 12.1 Å². The molecule has 1 heterocycles. The minimum Gasteiger partial charge on any atom is -0.494 e. The molecule has 0 fully saturated rings. The third kappa shape index (κ3) is 4.09. The molecule has 0 spiro atoms. The molecule has 2 rings (SSSR count). The minimum atomic E-state index is -0.646. The minimum absolute atomic E-state index is 0.233. The number of benzene rings is 1. The van der Waals surface area contributed by atoms with E-state index in [1.807, 2.05) is 31.2 Å². The van der Waals surface area contributed by atoms with E-state index in [0.717, 1.165) is 5.56 Å². The second-order valence-corrected chi connectivity index (χ2v) is 5.65. The van der Waals surface area contributed by atoms with Gasteiger partial charge < -0.3 is 14.8 Å². The molecule has 6 heteroatoms. The predicted molar refractivity (Wildman–Crippen MR) is 86.7 cm³/mol. The summed E-state index contributed by atoms with van der Waals surface area (Å²) in [5.74, 6) is -0.351. The van der Waals surface area contributed by atoms with Crippen molar-refractivity contribution in [1.82, 2.24) is 5.32 Å². The summed E-state index contributed by atoms with van der Waals surface area (Å²) in [6, 6.07) is 6.36. The summed E-state index contributed by atoms with van der Waals surface area (Å²) in [7, 11) is 0. The van der Waals surface area contributed by atoms with E-state index in [2.05, 4.69) is 10.3 Å². The van der Waals surface area contributed by atoms with Crippen molar-refractivity contribution in [2.75, 3.05) is 6.61 Å². The predicted octanol–water partition coefficient (Wildman–Crippen LogP) is 2.88. The zero-order chi connectivity index (χ0) is 17.0. The van der Waals surface area contributed by atoms with Crippen LogP contribution in [0.25, 0.3) is 0 Å². The van der Waals surface area contributed by atoms with Gasteiger partial charge in [-0.3, -0.25) is 4.79 Å². The molecule has 124 valence electrons. The highest BCUT2D eigenvalue weighted by Crippen LogP contribution is 2.30. The van der Waals surface area contributed by atoms with Gasteiger partial charge in [0, 0.05) is 5.71 Å². The zero-order valence-corrected chi connectivity index (χ0v) is 13.8. The topological polar surface area (TPSA) is 77.0 Å². The van der Waals surface area contributed by atoms with Crippen LogP contribution in [0.3, 0.4) is 0 Å². The Balaban J connectivity index is 2.36. The molecular weight excluding hydrogens is 296 g/mol. The van der Waals surface area contributed by atoms with Crippen molar-refractivity contribution in [1.29, 1.82) is 0 Å². The van der Waals surface area contributed by atoms with Crippen LogP contribution in [0.5, 0.6) is 5.75 Å². The van der Waals surface area contributed by atoms with E-state index in [0.29, 0.717) is 18.1 Å². The summed E-state index contributed by atoms with van der Waals surface area (Å²) < 4.78 is 10.8. The molecular formula is C17H22N2O4. The van der Waals surface area contributed by atoms with Crippen LogP contribution in [0.15, 0.2) is 29.3 Å². The number of rotatable bonds is 5. The highest BCUT2D eigenvalue weighted by atomic mass is 16.5. The van der Waals surface area contributed by atoms with Crippen LogP contribution in [0.4, 0.5) is 4.79 Å². The Kier molecular flexibility index (Phi) is 5.36. The van der Waals surface area contributed by atoms with Gasteiger partial charge in [0.25, 0.3) is 0 Å². The molecule has 0 aliphatic carbocycles. The van der Waals surface area contributed by atoms with E-state index < -0.39 is 24.0 Å². The number of esters is 1. The SMILES string of the molecule is CCOc1cccc(C2NC(=O)N=C(C)C2C(=O)OC(C)C)c1. The van der Waals surface area contributed by atoms with Gasteiger partial charge in [-0.25, -0.2) is 9.79 Å². The first-order chi connectivity index (χ1) is 10.9. The number of carbonyl (C=O) groups is 2. The smallest absolute Gasteiger partial charge is 0.341 e. The van der Waals surface area contributed by atoms with Crippen molar-refractivity contribution < 1.29 is 19.1 Å². The molecule has 1 aliphatic heterocycles. The standard InChI is InChI=1S/C17H22N2O4/c1-5-22-13-8-6-7-12(9-13)15-14(16(20)23-10(2)3)11(4)18-17(21)19-15/h6-10,14-15H,5H2,1-4H3,(H,19,21). The van der Waals surface area contributed by atoms with Crippen LogP contribution in [0.2, 0.25) is 0 Å². The van der Waals surface area contributed by atoms with Gasteiger partial charge in [0.1, 0.15) is 11.7 Å². The largest absolute Gasteiger partial charge is 0.494 e. The summed E-state index contributed by atoms with van der Waals surface area (Å²) in [5, 5.41) is 2.75. The first-order valence-corrected chi connectivity index (χ1v) is 7.71. The number of carbonyl (C=O) groups excluding carboxylic acids is 2. The maximum Gasteiger partial charge on any atom is 0.341 e. The first kappa shape index (κ1) is 17.0. The number of urea groups is 1. The molecule has 1 aromatic carbocycles. The second kappa shape index (κ2) is 7.26. The van der Waals surface area contributed by atoms with Crippen molar-refractivity contribution in [3.05, 3.63) is 29.8 Å². The lowest BCUT2D eigenvalue weighted by molar-refractivity contribution is -0.150. The number of hydrogen-bond acceptors (Lipinski definition) is 4. The van der Waals surface area contributed by atoms with Crippen molar-refractivity contribution in [2.24, 2.45) is 10.9 Å². The lowest BCUT2D eigenvalue weighted by Crippen LogP contribution is -2.44. The van der Waals surface area contributed by atoms with Gasteiger partial charge in [-0.2, -0.15) is 0 Å². The average molecular weight is 318 g/mol. The highest BCUT2D eigenvalue weighted by Gasteiger charge is 2.38. The van der Waals surface area contributed by atoms with Crippen molar-refractivity contribution in [3.8, 4) is 5.75 Å². The third-order valence-electron chi connectivity index (χ3n) is 3.47. The maximum atomic E-state index is 12.4. The van der Waals surface area contributed by atoms with Gasteiger partial charge in [0.05, 0.1) is 18.8 Å². The molecule has 0 saturated carbocycles. The van der Waals surface area contributed by atoms with Crippen LogP contribution in [-0.4, -0.2) is 30.4 Å². The fourth-order valence-corrected chi connectivity index (χ4v) is 2.57. The summed E-state index contributed by atoms with van der Waals surface area (Å²) in [6.45, 7) is 7.69. The van der Waals surface area contributed by atoms with E-state index >= 15 is 0 Å². The number of aliphatic imine (C=N–C) groups is 1. The fraction of sp³-hybridized carbons (Fsp3) is 0.471. The third-order valence-corrected chi connectivity index (χ3v) is 3.47. The van der Waals surface area contributed by atoms with Crippen LogP contribution < -0.4 is 10.1 Å². The second-order valence-electron chi connectivity index (χ2n) is 5.65. The number of nitrogens with one attached hydrogen (secondary N) is 1. The summed E-state index contributed by atoms with van der Waals surface area (Å²) >= 11 is 0. The molecule has 2 atom stereocenters. The van der Waals surface area contributed by atoms with E-state index in [-0.39, 0.29) is 6.10 Å². The molecule has 6 nitrogen and oxygen atoms in total. The molecule has 0 saturated heterocycles. The van der Waals surface area contributed by atoms with Gasteiger partial charge in [0.2, 0.25) is 0 Å². The van der Waals surface area contributed by atoms with Crippen LogP contribution in [0, 0.1) is 5.92 Å². The van der Waals surface area contributed by atoms with Crippen LogP contribution >= 0.6 is 0 Å². The Bertz CT molecular complexity index is 625. The monoisotopic (exact) mass is 318 g/mol. The Morgan fingerprint density at radius 1 is 1.39 bits per heavy atom. The van der Waals surface area contributed by atoms with Gasteiger partial charge in [-0.05, 0) is 45.4 Å². The highest BCUT2D eigenvalue weighted by molar-refractivity contribution is 6.08. The van der Waals surface area contributed by atoms with Crippen LogP contribution in [-0.2, 0) is 9.53 Å². The number of nitrogens with zero attached hydrogens (tertiary/aromatic N) is 1. The van der Waals surface area contributed by atoms with E-state index in [4.69, 9.17) is 9.47 Å². The Labute approximate surface area is 135 Å². The molecule has 0 radical (unpaired) electrons. The van der Waals surface area contributed by atoms with E-state index in [1.165, 1.54) is 0 Å². The normalized spacial score (nSPS) is 20.7. The maximum absolute atomic E-state index is 12.4. The average Bonchev–Trinajstić information content (AvgIpc) is 2.46. The summed E-state index contributed by atoms with van der Waals surface area (Å²) in [6.07, 6.45) is -0.233. The number of hydrogen-bond donors (Lipinski definition) is 1. The van der Waals surface area contributed by atoms with Crippen molar-refractivity contribution in [3.63, 3.8) is 0 Å². The van der Waals surface area contributed by atoms with Gasteiger partial charge >= 0.3 is 12.0 Å². The van der Waals surface area contributed by atoms with Gasteiger partial charge in [-0.15, -0.1) is 0 Å². The van der Waals surface area contributed by atoms with Crippen molar-refractivity contribution in [2.45, 2.75) is 39.8 Å². The number of amides is 2. The lowest BCUT2D eigenvalue weighted by atomic mass is 9.88. The van der Waals surface area contributed by atoms with Crippen molar-refractivity contribution >= 4 is 17.7 Å². The fourth-order valence-electron chi connectivity index (χ4n) is 2.57. The Morgan fingerprint density at radius 2 is 2.13 bits per heavy atom. The summed E-state index contributed by atoms with van der Waals surface area (Å²) in [4.78, 5) is 28.1. The quantitative estimate of drug-likeness (QED) is 0.847. The van der Waals surface area contributed by atoms with E-state index in [1.54, 1.807) is 20.8 Å². The molecule has 1 aliphatic rings. The molecule has 1 N–H and O–H groups in total. The lowest BCUT2D eigenvalue weighted by Gasteiger charge is -2.30. The Morgan fingerprint density at radius 3 is 2.78 bits per heavy atom. The Hall–Kier alpha value is -2.37. The molecule has 0 bridgehead atoms. The van der Waals surface area contributed by atoms with Gasteiger partial charge in [0.15, 0.2) is 0 Å².